The lowest BCUT2D eigenvalue weighted by Crippen LogP contribution is -2.28. The minimum atomic E-state index is -1.25. The van der Waals surface area contributed by atoms with Crippen molar-refractivity contribution in [2.75, 3.05) is 4.90 Å². The molecule has 0 saturated carbocycles. The van der Waals surface area contributed by atoms with E-state index in [0.29, 0.717) is 27.2 Å². The number of carbonyl (C=O) groups excluding carboxylic acids is 2. The van der Waals surface area contributed by atoms with Gasteiger partial charge in [0.15, 0.2) is 5.17 Å². The van der Waals surface area contributed by atoms with Crippen LogP contribution in [0, 0.1) is 0 Å². The molecule has 1 saturated heterocycles. The van der Waals surface area contributed by atoms with E-state index in [4.69, 9.17) is 4.42 Å². The third kappa shape index (κ3) is 4.42. The second-order valence-electron chi connectivity index (χ2n) is 7.39. The average molecular weight is 466 g/mol. The summed E-state index contributed by atoms with van der Waals surface area (Å²) in [5.41, 5.74) is 2.13. The molecule has 0 bridgehead atoms. The van der Waals surface area contributed by atoms with Crippen LogP contribution in [0.3, 0.4) is 0 Å². The van der Waals surface area contributed by atoms with Gasteiger partial charge in [-0.15, -0.1) is 0 Å². The molecule has 1 aliphatic heterocycles. The number of hydrogen-bond donors (Lipinski definition) is 0. The molecule has 166 valence electrons. The van der Waals surface area contributed by atoms with Crippen LogP contribution in [0.2, 0.25) is 0 Å². The van der Waals surface area contributed by atoms with Crippen LogP contribution in [-0.2, 0) is 4.79 Å². The van der Waals surface area contributed by atoms with Gasteiger partial charge < -0.3 is 14.3 Å². The Hall–Kier alpha value is -4.36. The Morgan fingerprint density at radius 3 is 2.38 bits per heavy atom. The maximum absolute atomic E-state index is 13.3. The predicted octanol–water partition coefficient (Wildman–Crippen LogP) is 5.12. The Morgan fingerprint density at radius 2 is 1.65 bits per heavy atom. The highest BCUT2D eigenvalue weighted by Crippen LogP contribution is 2.37. The molecule has 0 spiro atoms. The summed E-state index contributed by atoms with van der Waals surface area (Å²) in [4.78, 5) is 31.2. The van der Waals surface area contributed by atoms with E-state index in [2.05, 4.69) is 4.99 Å². The largest absolute Gasteiger partial charge is 0.545 e. The molecule has 1 fully saturated rings. The number of rotatable bonds is 5. The zero-order valence-electron chi connectivity index (χ0n) is 17.8. The van der Waals surface area contributed by atoms with Crippen molar-refractivity contribution in [2.45, 2.75) is 0 Å². The van der Waals surface area contributed by atoms with Gasteiger partial charge in [0.05, 0.1) is 22.2 Å². The van der Waals surface area contributed by atoms with Crippen LogP contribution in [-0.4, -0.2) is 17.0 Å². The smallest absolute Gasteiger partial charge is 0.271 e. The van der Waals surface area contributed by atoms with Crippen LogP contribution in [0.15, 0.2) is 111 Å². The number of para-hydroxylation sites is 2. The molecular weight excluding hydrogens is 448 g/mol. The third-order valence-electron chi connectivity index (χ3n) is 5.08. The average Bonchev–Trinajstić information content (AvgIpc) is 3.45. The summed E-state index contributed by atoms with van der Waals surface area (Å²) in [5, 5.41) is 11.7. The number of aromatic carboxylic acids is 1. The second kappa shape index (κ2) is 9.25. The van der Waals surface area contributed by atoms with Crippen LogP contribution in [0.1, 0.15) is 16.1 Å². The first-order chi connectivity index (χ1) is 16.6. The molecule has 0 aliphatic carbocycles. The molecule has 0 N–H and O–H groups in total. The Morgan fingerprint density at radius 1 is 0.912 bits per heavy atom. The molecule has 0 radical (unpaired) electrons. The van der Waals surface area contributed by atoms with Gasteiger partial charge in [-0.05, 0) is 59.8 Å². The maximum Gasteiger partial charge on any atom is 0.271 e. The number of furan rings is 1. The van der Waals surface area contributed by atoms with Crippen molar-refractivity contribution in [1.82, 2.24) is 0 Å². The number of amides is 1. The highest BCUT2D eigenvalue weighted by Gasteiger charge is 2.35. The van der Waals surface area contributed by atoms with E-state index < -0.39 is 5.97 Å². The summed E-state index contributed by atoms with van der Waals surface area (Å²) < 4.78 is 5.90. The number of hydrogen-bond acceptors (Lipinski definition) is 6. The standard InChI is InChI=1S/C27H18N2O4S/c30-25-24(17-22-14-15-23(33-22)18-8-7-9-19(16-18)26(31)32)34-27(28-20-10-3-1-4-11-20)29(25)21-12-5-2-6-13-21/h1-17H,(H,31,32)/p-1/b24-17-,28-27?. The zero-order chi connectivity index (χ0) is 23.5. The summed E-state index contributed by atoms with van der Waals surface area (Å²) in [6.07, 6.45) is 1.67. The van der Waals surface area contributed by atoms with Crippen LogP contribution >= 0.6 is 11.8 Å². The molecule has 7 heteroatoms. The van der Waals surface area contributed by atoms with Crippen LogP contribution < -0.4 is 10.0 Å². The van der Waals surface area contributed by atoms with Crippen molar-refractivity contribution >= 4 is 46.3 Å². The van der Waals surface area contributed by atoms with Crippen LogP contribution in [0.4, 0.5) is 11.4 Å². The fraction of sp³-hybridized carbons (Fsp3) is 0. The summed E-state index contributed by atoms with van der Waals surface area (Å²) in [7, 11) is 0. The van der Waals surface area contributed by atoms with Crippen molar-refractivity contribution in [1.29, 1.82) is 0 Å². The van der Waals surface area contributed by atoms with E-state index in [-0.39, 0.29) is 11.5 Å². The van der Waals surface area contributed by atoms with Crippen molar-refractivity contribution in [3.63, 3.8) is 0 Å². The number of anilines is 1. The molecule has 4 aromatic rings. The number of carboxylic acid groups (broad SMARTS) is 1. The van der Waals surface area contributed by atoms with Crippen molar-refractivity contribution < 1.29 is 19.1 Å². The highest BCUT2D eigenvalue weighted by atomic mass is 32.2. The summed E-state index contributed by atoms with van der Waals surface area (Å²) >= 11 is 1.26. The number of amidine groups is 1. The molecule has 3 aromatic carbocycles. The Balaban J connectivity index is 1.49. The number of aliphatic imine (C=N–C) groups is 1. The lowest BCUT2D eigenvalue weighted by Gasteiger charge is -2.15. The quantitative estimate of drug-likeness (QED) is 0.382. The van der Waals surface area contributed by atoms with Crippen molar-refractivity contribution in [2.24, 2.45) is 4.99 Å². The van der Waals surface area contributed by atoms with Gasteiger partial charge >= 0.3 is 0 Å². The van der Waals surface area contributed by atoms with Gasteiger partial charge in [-0.25, -0.2) is 4.99 Å². The fourth-order valence-electron chi connectivity index (χ4n) is 3.48. The number of thioether (sulfide) groups is 1. The zero-order valence-corrected chi connectivity index (χ0v) is 18.6. The normalized spacial score (nSPS) is 15.9. The van der Waals surface area contributed by atoms with Crippen LogP contribution in [0.25, 0.3) is 17.4 Å². The first-order valence-corrected chi connectivity index (χ1v) is 11.2. The van der Waals surface area contributed by atoms with E-state index in [1.54, 1.807) is 35.2 Å². The van der Waals surface area contributed by atoms with Gasteiger partial charge in [0, 0.05) is 11.6 Å². The van der Waals surface area contributed by atoms with Crippen molar-refractivity contribution in [3.05, 3.63) is 113 Å². The number of carbonyl (C=O) groups is 2. The first kappa shape index (κ1) is 21.5. The van der Waals surface area contributed by atoms with Gasteiger partial charge in [0.2, 0.25) is 0 Å². The molecule has 1 aromatic heterocycles. The monoisotopic (exact) mass is 465 g/mol. The molecular formula is C27H17N2O4S-. The summed E-state index contributed by atoms with van der Waals surface area (Å²) in [6.45, 7) is 0. The maximum atomic E-state index is 13.3. The van der Waals surface area contributed by atoms with Gasteiger partial charge in [0.1, 0.15) is 11.5 Å². The summed E-state index contributed by atoms with van der Waals surface area (Å²) in [5.74, 6) is -0.500. The van der Waals surface area contributed by atoms with E-state index in [1.807, 2.05) is 60.7 Å². The SMILES string of the molecule is O=C([O-])c1cccc(-c2ccc(/C=C3\SC(=Nc4ccccc4)N(c4ccccc4)C3=O)o2)c1. The third-order valence-corrected chi connectivity index (χ3v) is 6.05. The van der Waals surface area contributed by atoms with Gasteiger partial charge in [0.25, 0.3) is 5.91 Å². The predicted molar refractivity (Wildman–Crippen MR) is 132 cm³/mol. The fourth-order valence-corrected chi connectivity index (χ4v) is 4.46. The Labute approximate surface area is 199 Å². The highest BCUT2D eigenvalue weighted by molar-refractivity contribution is 8.19. The van der Waals surface area contributed by atoms with Crippen molar-refractivity contribution in [3.8, 4) is 11.3 Å². The number of carboxylic acids is 1. The topological polar surface area (TPSA) is 85.9 Å². The lowest BCUT2D eigenvalue weighted by atomic mass is 10.1. The molecule has 1 amide bonds. The Bertz CT molecular complexity index is 1430. The number of benzene rings is 3. The molecule has 0 atom stereocenters. The van der Waals surface area contributed by atoms with E-state index in [9.17, 15) is 14.7 Å². The van der Waals surface area contributed by atoms with E-state index in [1.165, 1.54) is 23.9 Å². The Kier molecular flexibility index (Phi) is 5.84. The molecule has 2 heterocycles. The van der Waals surface area contributed by atoms with E-state index in [0.717, 1.165) is 11.4 Å². The van der Waals surface area contributed by atoms with Gasteiger partial charge in [-0.2, -0.15) is 0 Å². The minimum Gasteiger partial charge on any atom is -0.545 e. The molecule has 6 nitrogen and oxygen atoms in total. The molecule has 1 aliphatic rings. The molecule has 5 rings (SSSR count). The van der Waals surface area contributed by atoms with Gasteiger partial charge in [-0.3, -0.25) is 9.69 Å². The second-order valence-corrected chi connectivity index (χ2v) is 8.40. The van der Waals surface area contributed by atoms with Gasteiger partial charge in [-0.1, -0.05) is 54.6 Å². The number of nitrogens with zero attached hydrogens (tertiary/aromatic N) is 2. The van der Waals surface area contributed by atoms with E-state index >= 15 is 0 Å². The lowest BCUT2D eigenvalue weighted by molar-refractivity contribution is -0.255. The summed E-state index contributed by atoms with van der Waals surface area (Å²) in [6, 6.07) is 28.6. The molecule has 34 heavy (non-hydrogen) atoms. The van der Waals surface area contributed by atoms with Crippen LogP contribution in [0.5, 0.6) is 0 Å². The minimum absolute atomic E-state index is 0.0654. The first-order valence-electron chi connectivity index (χ1n) is 10.4. The molecule has 0 unspecified atom stereocenters.